The summed E-state index contributed by atoms with van der Waals surface area (Å²) in [6.45, 7) is 16.0. The number of thiazole rings is 1. The molecular formula is C37H53ClN11O8S2+. The Morgan fingerprint density at radius 1 is 1.22 bits per heavy atom. The first kappa shape index (κ1) is 46.9. The number of tetrazole rings is 1. The molecule has 0 saturated carbocycles. The first-order chi connectivity index (χ1) is 28.2. The number of aromatic hydroxyl groups is 2. The number of oxime groups is 1. The highest BCUT2D eigenvalue weighted by Gasteiger charge is 2.55. The summed E-state index contributed by atoms with van der Waals surface area (Å²) in [4.78, 5) is 63.3. The molecule has 2 amide bonds. The third-order valence-corrected chi connectivity index (χ3v) is 12.4. The fraction of sp³-hybridized carbons (Fsp3) is 0.541. The second kappa shape index (κ2) is 20.4. The second-order valence-electron chi connectivity index (χ2n) is 14.0. The van der Waals surface area contributed by atoms with Gasteiger partial charge in [0.05, 0.1) is 37.5 Å². The minimum Gasteiger partial charge on any atom is -0.504 e. The summed E-state index contributed by atoms with van der Waals surface area (Å²) in [6.07, 6.45) is 2.88. The van der Waals surface area contributed by atoms with Crippen LogP contribution in [0.2, 0.25) is 5.02 Å². The predicted molar refractivity (Wildman–Crippen MR) is 225 cm³/mol. The van der Waals surface area contributed by atoms with Crippen molar-refractivity contribution in [3.05, 3.63) is 45.2 Å². The zero-order chi connectivity index (χ0) is 43.7. The van der Waals surface area contributed by atoms with Crippen LogP contribution in [0.4, 0.5) is 5.13 Å². The zero-order valence-corrected chi connectivity index (χ0v) is 36.8. The third-order valence-electron chi connectivity index (χ3n) is 10.0. The normalized spacial score (nSPS) is 22.5. The van der Waals surface area contributed by atoms with E-state index in [1.54, 1.807) is 22.0 Å². The molecule has 4 aliphatic rings. The summed E-state index contributed by atoms with van der Waals surface area (Å²) in [7, 11) is 3.40. The summed E-state index contributed by atoms with van der Waals surface area (Å²) >= 11 is 8.17. The van der Waals surface area contributed by atoms with Crippen LogP contribution in [0.1, 0.15) is 76.3 Å². The molecule has 7 rings (SSSR count). The van der Waals surface area contributed by atoms with Gasteiger partial charge in [-0.2, -0.15) is 5.21 Å². The maximum Gasteiger partial charge on any atom is 0.352 e. The Kier molecular flexibility index (Phi) is 16.2. The van der Waals surface area contributed by atoms with Crippen LogP contribution < -0.4 is 11.1 Å². The molecule has 322 valence electrons. The molecule has 0 bridgehead atoms. The molecule has 59 heavy (non-hydrogen) atoms. The number of fused-ring (bicyclic) bond motifs is 2. The van der Waals surface area contributed by atoms with Crippen molar-refractivity contribution in [1.29, 1.82) is 0 Å². The van der Waals surface area contributed by atoms with E-state index in [9.17, 15) is 19.2 Å². The lowest BCUT2D eigenvalue weighted by atomic mass is 10.0. The number of nitrogens with one attached hydrogen (secondary N) is 2. The number of phenolic OH excluding ortho intramolecular Hbond substituents is 2. The average Bonchev–Trinajstić information content (AvgIpc) is 4.03. The number of benzene rings is 1. The fourth-order valence-corrected chi connectivity index (χ4v) is 9.23. The summed E-state index contributed by atoms with van der Waals surface area (Å²) in [5.41, 5.74) is 6.20. The average molecular weight is 879 g/mol. The quantitative estimate of drug-likeness (QED) is 0.0373. The van der Waals surface area contributed by atoms with Gasteiger partial charge >= 0.3 is 5.97 Å². The molecule has 0 radical (unpaired) electrons. The number of rotatable bonds is 10. The van der Waals surface area contributed by atoms with E-state index < -0.39 is 29.3 Å². The van der Waals surface area contributed by atoms with Gasteiger partial charge in [0.25, 0.3) is 11.8 Å². The van der Waals surface area contributed by atoms with Gasteiger partial charge in [0.1, 0.15) is 29.7 Å². The number of aromatic amines is 1. The van der Waals surface area contributed by atoms with Crippen LogP contribution in [0.3, 0.4) is 0 Å². The highest BCUT2D eigenvalue weighted by atomic mass is 35.5. The highest BCUT2D eigenvalue weighted by molar-refractivity contribution is 8.00. The number of methoxy groups -OCH3 is 1. The van der Waals surface area contributed by atoms with Crippen molar-refractivity contribution < 1.29 is 43.4 Å². The second-order valence-corrected chi connectivity index (χ2v) is 16.4. The van der Waals surface area contributed by atoms with Crippen LogP contribution in [0.25, 0.3) is 5.70 Å². The molecule has 0 aliphatic carbocycles. The van der Waals surface area contributed by atoms with Crippen molar-refractivity contribution in [2.24, 2.45) is 5.16 Å². The van der Waals surface area contributed by atoms with Gasteiger partial charge in [-0.1, -0.05) is 44.5 Å². The molecule has 22 heteroatoms. The van der Waals surface area contributed by atoms with Crippen LogP contribution in [0.5, 0.6) is 11.5 Å². The molecule has 6 heterocycles. The number of nitrogen functional groups attached to an aromatic ring is 1. The van der Waals surface area contributed by atoms with Crippen LogP contribution in [-0.2, 0) is 24.0 Å². The molecule has 6 N–H and O–H groups in total. The number of aromatic nitrogens is 5. The number of nitrogens with zero attached hydrogens (tertiary/aromatic N) is 8. The van der Waals surface area contributed by atoms with E-state index in [4.69, 9.17) is 37.1 Å². The lowest BCUT2D eigenvalue weighted by Crippen LogP contribution is -2.70. The van der Waals surface area contributed by atoms with Crippen LogP contribution in [0.15, 0.2) is 28.2 Å². The SMILES string of the molecule is CC.CC.COC(=O)C(C)(C)O/N=C(\C(=O)N[C@@H]1C(=O)N2C(c3nn[nH]n3)=C(C[N@+]34CCC[C@H]3CN(C)CC4)CS[C@H]12)c1csc(N)n1.O=Cc1ccc(O)c(O)c1Cl. The number of amides is 2. The molecule has 0 spiro atoms. The topological polar surface area (TPSA) is 251 Å². The van der Waals surface area contributed by atoms with Gasteiger partial charge in [0.15, 0.2) is 28.6 Å². The smallest absolute Gasteiger partial charge is 0.352 e. The Morgan fingerprint density at radius 3 is 2.58 bits per heavy atom. The molecule has 3 aromatic rings. The predicted octanol–water partition coefficient (Wildman–Crippen LogP) is 3.26. The fourth-order valence-electron chi connectivity index (χ4n) is 7.14. The van der Waals surface area contributed by atoms with Gasteiger partial charge < -0.3 is 35.3 Å². The summed E-state index contributed by atoms with van der Waals surface area (Å²) < 4.78 is 5.77. The van der Waals surface area contributed by atoms with Crippen LogP contribution in [-0.4, -0.2) is 156 Å². The number of carbonyl (C=O) groups excluding carboxylic acids is 4. The number of thioether (sulfide) groups is 1. The molecular weight excluding hydrogens is 826 g/mol. The van der Waals surface area contributed by atoms with Gasteiger partial charge in [0, 0.05) is 41.7 Å². The number of H-pyrrole nitrogens is 1. The van der Waals surface area contributed by atoms with Crippen molar-refractivity contribution in [2.75, 3.05) is 58.4 Å². The number of β-lactam (4-membered cyclic amide) rings is 1. The Bertz CT molecular complexity index is 2030. The Balaban J connectivity index is 0.000000438. The number of esters is 1. The lowest BCUT2D eigenvalue weighted by molar-refractivity contribution is -0.939. The third kappa shape index (κ3) is 10.1. The van der Waals surface area contributed by atoms with E-state index in [0.29, 0.717) is 29.6 Å². The number of hydrogen-bond acceptors (Lipinski definition) is 17. The van der Waals surface area contributed by atoms with E-state index in [0.717, 1.165) is 54.1 Å². The molecule has 0 unspecified atom stereocenters. The summed E-state index contributed by atoms with van der Waals surface area (Å²) in [5, 5.41) is 40.7. The summed E-state index contributed by atoms with van der Waals surface area (Å²) in [5.74, 6) is -1.44. The molecule has 2 aromatic heterocycles. The van der Waals surface area contributed by atoms with Gasteiger partial charge in [-0.25, -0.2) is 9.78 Å². The molecule has 4 atom stereocenters. The molecule has 19 nitrogen and oxygen atoms in total. The number of hydrogen-bond donors (Lipinski definition) is 5. The number of likely N-dealkylation sites (N-methyl/N-ethyl adjacent to an activating group) is 1. The van der Waals surface area contributed by atoms with Crippen LogP contribution in [0, 0.1) is 0 Å². The molecule has 3 saturated heterocycles. The summed E-state index contributed by atoms with van der Waals surface area (Å²) in [6, 6.07) is 2.23. The first-order valence-electron chi connectivity index (χ1n) is 19.2. The number of nitrogens with two attached hydrogens (primary N) is 1. The largest absolute Gasteiger partial charge is 0.504 e. The number of phenols is 2. The maximum atomic E-state index is 13.8. The monoisotopic (exact) mass is 878 g/mol. The van der Waals surface area contributed by atoms with Crippen molar-refractivity contribution in [3.8, 4) is 11.5 Å². The first-order valence-corrected chi connectivity index (χ1v) is 21.5. The van der Waals surface area contributed by atoms with Gasteiger partial charge in [-0.15, -0.1) is 33.3 Å². The number of ether oxygens (including phenoxy) is 1. The Morgan fingerprint density at radius 2 is 1.95 bits per heavy atom. The van der Waals surface area contributed by atoms with E-state index in [-0.39, 0.29) is 44.2 Å². The lowest BCUT2D eigenvalue weighted by Gasteiger charge is -2.51. The number of piperazine rings is 1. The number of quaternary nitrogens is 1. The van der Waals surface area contributed by atoms with E-state index in [1.165, 1.54) is 45.9 Å². The number of anilines is 1. The van der Waals surface area contributed by atoms with Gasteiger partial charge in [-0.05, 0) is 38.2 Å². The molecule has 3 fully saturated rings. The molecule has 4 aliphatic heterocycles. The van der Waals surface area contributed by atoms with E-state index >= 15 is 0 Å². The van der Waals surface area contributed by atoms with Crippen molar-refractivity contribution in [2.45, 2.75) is 77.4 Å². The Hall–Kier alpha value is -4.83. The minimum atomic E-state index is -1.48. The van der Waals surface area contributed by atoms with Crippen LogP contribution >= 0.6 is 34.7 Å². The standard InChI is InChI=1S/C26H35N11O5S2.C7H5ClO3.2C2H6/c1-26(2,24(40)41-4)42-32-17(16-13-44-25(27)28-16)21(38)29-18-22(39)36-19(20-30-33-34-31-20)14(12-43-23(18)36)11-37-8-5-6-15(37)10-35(3)7-9-37;8-6-4(3-9)1-2-5(10)7(6)11;2*1-2/h13,15,18,23H,5-12H2,1-4H3,(H3-,27,28,29,30,31,33,34,38);1-3,10-11H;2*1-2H3/p+1/b32-17-;;;/t15-,18+,23+,37+;;;/m0.../s1. The highest BCUT2D eigenvalue weighted by Crippen LogP contribution is 2.45. The number of aldehydes is 1. The van der Waals surface area contributed by atoms with E-state index in [2.05, 4.69) is 48.0 Å². The van der Waals surface area contributed by atoms with Crippen molar-refractivity contribution in [1.82, 2.24) is 40.7 Å². The van der Waals surface area contributed by atoms with E-state index in [1.807, 2.05) is 27.7 Å². The van der Waals surface area contributed by atoms with Gasteiger partial charge in [0.2, 0.25) is 11.4 Å². The number of halogens is 1. The minimum absolute atomic E-state index is 0.125. The van der Waals surface area contributed by atoms with Crippen molar-refractivity contribution in [3.63, 3.8) is 0 Å². The van der Waals surface area contributed by atoms with Gasteiger partial charge in [-0.3, -0.25) is 24.2 Å². The molecule has 1 aromatic carbocycles. The van der Waals surface area contributed by atoms with Crippen molar-refractivity contribution >= 4 is 75.3 Å². The maximum absolute atomic E-state index is 13.8. The number of carbonyl (C=O) groups is 4. The Labute approximate surface area is 355 Å². The zero-order valence-electron chi connectivity index (χ0n) is 34.4.